The smallest absolute Gasteiger partial charge is 0.269 e. The van der Waals surface area contributed by atoms with Crippen molar-refractivity contribution >= 4 is 5.69 Å². The number of benzene rings is 2. The highest BCUT2D eigenvalue weighted by atomic mass is 16.6. The second kappa shape index (κ2) is 6.69. The van der Waals surface area contributed by atoms with Gasteiger partial charge < -0.3 is 5.11 Å². The van der Waals surface area contributed by atoms with E-state index in [1.807, 2.05) is 30.3 Å². The zero-order valence-corrected chi connectivity index (χ0v) is 11.3. The van der Waals surface area contributed by atoms with Crippen LogP contribution in [0.3, 0.4) is 0 Å². The van der Waals surface area contributed by atoms with E-state index in [9.17, 15) is 15.2 Å². The summed E-state index contributed by atoms with van der Waals surface area (Å²) in [5, 5.41) is 21.0. The van der Waals surface area contributed by atoms with Gasteiger partial charge in [0.1, 0.15) is 0 Å². The molecule has 0 saturated carbocycles. The van der Waals surface area contributed by atoms with Gasteiger partial charge >= 0.3 is 0 Å². The predicted octanol–water partition coefficient (Wildman–Crippen LogP) is 3.11. The van der Waals surface area contributed by atoms with Crippen molar-refractivity contribution in [3.63, 3.8) is 0 Å². The van der Waals surface area contributed by atoms with Gasteiger partial charge in [-0.1, -0.05) is 42.5 Å². The molecular formula is C17H15NO3. The topological polar surface area (TPSA) is 63.4 Å². The summed E-state index contributed by atoms with van der Waals surface area (Å²) in [6.07, 6.45) is 4.77. The number of nitrogens with zero attached hydrogens (tertiary/aromatic N) is 1. The summed E-state index contributed by atoms with van der Waals surface area (Å²) in [5.74, 6) is 2.16. The number of hydrogen-bond donors (Lipinski definition) is 1. The van der Waals surface area contributed by atoms with Crippen LogP contribution in [0.15, 0.2) is 54.6 Å². The maximum Gasteiger partial charge on any atom is 0.269 e. The minimum Gasteiger partial charge on any atom is -0.391 e. The van der Waals surface area contributed by atoms with Crippen molar-refractivity contribution in [3.8, 4) is 12.3 Å². The average molecular weight is 281 g/mol. The van der Waals surface area contributed by atoms with Crippen LogP contribution in [0.2, 0.25) is 0 Å². The Balaban J connectivity index is 2.40. The Bertz CT molecular complexity index is 644. The first-order valence-corrected chi connectivity index (χ1v) is 6.54. The molecule has 2 unspecified atom stereocenters. The highest BCUT2D eigenvalue weighted by molar-refractivity contribution is 5.39. The molecule has 0 saturated heterocycles. The lowest BCUT2D eigenvalue weighted by molar-refractivity contribution is -0.384. The first-order valence-electron chi connectivity index (χ1n) is 6.54. The number of aliphatic hydroxyl groups excluding tert-OH is 1. The molecule has 0 fully saturated rings. The number of non-ortho nitro benzene ring substituents is 1. The lowest BCUT2D eigenvalue weighted by Gasteiger charge is -2.22. The van der Waals surface area contributed by atoms with Crippen LogP contribution >= 0.6 is 0 Å². The van der Waals surface area contributed by atoms with Gasteiger partial charge in [-0.25, -0.2) is 0 Å². The number of aliphatic hydroxyl groups is 1. The summed E-state index contributed by atoms with van der Waals surface area (Å²) in [6.45, 7) is 0. The summed E-state index contributed by atoms with van der Waals surface area (Å²) in [4.78, 5) is 10.3. The van der Waals surface area contributed by atoms with E-state index in [1.165, 1.54) is 12.1 Å². The summed E-state index contributed by atoms with van der Waals surface area (Å²) >= 11 is 0. The van der Waals surface area contributed by atoms with Crippen molar-refractivity contribution in [2.24, 2.45) is 0 Å². The highest BCUT2D eigenvalue weighted by Gasteiger charge is 2.23. The van der Waals surface area contributed by atoms with E-state index in [-0.39, 0.29) is 18.0 Å². The van der Waals surface area contributed by atoms with Crippen LogP contribution in [0.1, 0.15) is 23.5 Å². The molecule has 0 radical (unpaired) electrons. The molecule has 0 spiro atoms. The zero-order valence-electron chi connectivity index (χ0n) is 11.3. The Morgan fingerprint density at radius 3 is 2.19 bits per heavy atom. The molecule has 2 atom stereocenters. The number of hydrogen-bond acceptors (Lipinski definition) is 3. The monoisotopic (exact) mass is 281 g/mol. The van der Waals surface area contributed by atoms with E-state index in [2.05, 4.69) is 5.92 Å². The van der Waals surface area contributed by atoms with E-state index < -0.39 is 11.0 Å². The molecular weight excluding hydrogens is 266 g/mol. The predicted molar refractivity (Wildman–Crippen MR) is 80.8 cm³/mol. The van der Waals surface area contributed by atoms with Crippen molar-refractivity contribution in [1.29, 1.82) is 0 Å². The molecule has 0 heterocycles. The molecule has 106 valence electrons. The number of rotatable bonds is 5. The van der Waals surface area contributed by atoms with Crippen LogP contribution in [-0.4, -0.2) is 16.1 Å². The van der Waals surface area contributed by atoms with Gasteiger partial charge in [0.25, 0.3) is 5.69 Å². The molecule has 2 aromatic rings. The number of nitro groups is 1. The molecule has 0 aliphatic heterocycles. The maximum absolute atomic E-state index is 10.7. The quantitative estimate of drug-likeness (QED) is 0.520. The largest absolute Gasteiger partial charge is 0.391 e. The molecule has 0 amide bonds. The Morgan fingerprint density at radius 2 is 1.67 bits per heavy atom. The lowest BCUT2D eigenvalue weighted by Crippen LogP contribution is -2.19. The minimum absolute atomic E-state index is 0.0250. The summed E-state index contributed by atoms with van der Waals surface area (Å²) in [5.41, 5.74) is 1.75. The summed E-state index contributed by atoms with van der Waals surface area (Å²) in [6, 6.07) is 15.7. The van der Waals surface area contributed by atoms with E-state index in [4.69, 9.17) is 6.42 Å². The Hall–Kier alpha value is -2.64. The number of terminal acetylenes is 1. The third-order valence-electron chi connectivity index (χ3n) is 3.33. The van der Waals surface area contributed by atoms with Crippen LogP contribution in [0.25, 0.3) is 0 Å². The van der Waals surface area contributed by atoms with E-state index >= 15 is 0 Å². The van der Waals surface area contributed by atoms with Crippen molar-refractivity contribution < 1.29 is 10.0 Å². The van der Waals surface area contributed by atoms with Gasteiger partial charge in [0.15, 0.2) is 0 Å². The van der Waals surface area contributed by atoms with Gasteiger partial charge in [-0.2, -0.15) is 0 Å². The van der Waals surface area contributed by atoms with Crippen molar-refractivity contribution in [2.45, 2.75) is 18.4 Å². The fraction of sp³-hybridized carbons (Fsp3) is 0.176. The van der Waals surface area contributed by atoms with Crippen LogP contribution in [0.4, 0.5) is 5.69 Å². The van der Waals surface area contributed by atoms with Crippen molar-refractivity contribution in [1.82, 2.24) is 0 Å². The standard InChI is InChI=1S/C17H15NO3/c1-2-6-16(19)17(13-7-4-3-5-8-13)14-9-11-15(12-10-14)18(20)21/h1,3-5,7-12,16-17,19H,6H2. The molecule has 0 bridgehead atoms. The molecule has 0 aliphatic rings. The molecule has 0 aromatic heterocycles. The van der Waals surface area contributed by atoms with Gasteiger partial charge in [-0.05, 0) is 11.1 Å². The van der Waals surface area contributed by atoms with Crippen molar-refractivity contribution in [3.05, 3.63) is 75.8 Å². The zero-order chi connectivity index (χ0) is 15.2. The fourth-order valence-electron chi connectivity index (χ4n) is 2.34. The van der Waals surface area contributed by atoms with Crippen LogP contribution in [0.5, 0.6) is 0 Å². The van der Waals surface area contributed by atoms with E-state index in [0.29, 0.717) is 0 Å². The molecule has 2 aromatic carbocycles. The molecule has 1 N–H and O–H groups in total. The summed E-state index contributed by atoms with van der Waals surface area (Å²) < 4.78 is 0. The normalized spacial score (nSPS) is 13.1. The lowest BCUT2D eigenvalue weighted by atomic mass is 9.85. The van der Waals surface area contributed by atoms with Gasteiger partial charge in [0.05, 0.1) is 11.0 Å². The molecule has 0 aliphatic carbocycles. The molecule has 4 nitrogen and oxygen atoms in total. The highest BCUT2D eigenvalue weighted by Crippen LogP contribution is 2.30. The minimum atomic E-state index is -0.737. The second-order valence-electron chi connectivity index (χ2n) is 4.71. The van der Waals surface area contributed by atoms with Gasteiger partial charge in [-0.15, -0.1) is 12.3 Å². The molecule has 21 heavy (non-hydrogen) atoms. The maximum atomic E-state index is 10.7. The average Bonchev–Trinajstić information content (AvgIpc) is 2.49. The van der Waals surface area contributed by atoms with E-state index in [1.54, 1.807) is 12.1 Å². The van der Waals surface area contributed by atoms with Gasteiger partial charge in [-0.3, -0.25) is 10.1 Å². The Kier molecular flexibility index (Phi) is 4.70. The SMILES string of the molecule is C#CCC(O)C(c1ccccc1)c1ccc([N+](=O)[O-])cc1. The Labute approximate surface area is 123 Å². The van der Waals surface area contributed by atoms with E-state index in [0.717, 1.165) is 11.1 Å². The number of nitro benzene ring substituents is 1. The first kappa shape index (κ1) is 14.8. The van der Waals surface area contributed by atoms with Gasteiger partial charge in [0, 0.05) is 24.5 Å². The fourth-order valence-corrected chi connectivity index (χ4v) is 2.34. The molecule has 2 rings (SSSR count). The summed E-state index contributed by atoms with van der Waals surface area (Å²) in [7, 11) is 0. The third kappa shape index (κ3) is 3.47. The second-order valence-corrected chi connectivity index (χ2v) is 4.71. The van der Waals surface area contributed by atoms with Crippen LogP contribution in [0, 0.1) is 22.5 Å². The Morgan fingerprint density at radius 1 is 1.10 bits per heavy atom. The molecule has 4 heteroatoms. The van der Waals surface area contributed by atoms with Crippen molar-refractivity contribution in [2.75, 3.05) is 0 Å². The third-order valence-corrected chi connectivity index (χ3v) is 3.33. The van der Waals surface area contributed by atoms with Crippen LogP contribution < -0.4 is 0 Å². The van der Waals surface area contributed by atoms with Gasteiger partial charge in [0.2, 0.25) is 0 Å². The first-order chi connectivity index (χ1) is 10.1. The van der Waals surface area contributed by atoms with Crippen LogP contribution in [-0.2, 0) is 0 Å².